The quantitative estimate of drug-likeness (QED) is 0.484. The van der Waals surface area contributed by atoms with Gasteiger partial charge in [-0.3, -0.25) is 9.69 Å². The van der Waals surface area contributed by atoms with E-state index in [-0.39, 0.29) is 18.1 Å². The highest BCUT2D eigenvalue weighted by Crippen LogP contribution is 2.23. The SMILES string of the molecule is N=Cc1ccccc1C1=NN2C(C(=O)NC3=CC=CC(CN4CCOCC4)N3)=CNC2C=C1. The van der Waals surface area contributed by atoms with Crippen LogP contribution >= 0.6 is 0 Å². The average Bonchev–Trinajstić information content (AvgIpc) is 3.28. The van der Waals surface area contributed by atoms with Crippen LogP contribution in [0.5, 0.6) is 0 Å². The van der Waals surface area contributed by atoms with Crippen LogP contribution in [0, 0.1) is 5.41 Å². The molecule has 1 saturated heterocycles. The summed E-state index contributed by atoms with van der Waals surface area (Å²) in [7, 11) is 0. The van der Waals surface area contributed by atoms with Gasteiger partial charge >= 0.3 is 0 Å². The molecule has 0 aromatic heterocycles. The molecule has 33 heavy (non-hydrogen) atoms. The predicted octanol–water partition coefficient (Wildman–Crippen LogP) is 0.849. The van der Waals surface area contributed by atoms with Crippen LogP contribution in [0.4, 0.5) is 0 Å². The number of hydrogen-bond acceptors (Lipinski definition) is 8. The molecule has 5 rings (SSSR count). The summed E-state index contributed by atoms with van der Waals surface area (Å²) >= 11 is 0. The molecular weight excluding hydrogens is 418 g/mol. The fourth-order valence-electron chi connectivity index (χ4n) is 4.22. The summed E-state index contributed by atoms with van der Waals surface area (Å²) in [6.07, 6.45) is 12.6. The Morgan fingerprint density at radius 3 is 2.97 bits per heavy atom. The third-order valence-electron chi connectivity index (χ3n) is 5.93. The molecule has 0 saturated carbocycles. The normalized spacial score (nSPS) is 24.1. The van der Waals surface area contributed by atoms with E-state index in [0.29, 0.717) is 17.2 Å². The molecule has 4 aliphatic heterocycles. The highest BCUT2D eigenvalue weighted by Gasteiger charge is 2.32. The molecule has 4 aliphatic rings. The van der Waals surface area contributed by atoms with E-state index in [2.05, 4.69) is 26.9 Å². The lowest BCUT2D eigenvalue weighted by Gasteiger charge is -2.31. The number of rotatable bonds is 6. The van der Waals surface area contributed by atoms with Crippen molar-refractivity contribution in [3.05, 3.63) is 83.5 Å². The largest absolute Gasteiger partial charge is 0.379 e. The van der Waals surface area contributed by atoms with Crippen molar-refractivity contribution < 1.29 is 9.53 Å². The van der Waals surface area contributed by atoms with E-state index in [1.165, 1.54) is 6.21 Å². The van der Waals surface area contributed by atoms with Gasteiger partial charge < -0.3 is 26.1 Å². The Morgan fingerprint density at radius 2 is 2.12 bits per heavy atom. The Kier molecular flexibility index (Phi) is 6.05. The first-order chi connectivity index (χ1) is 16.2. The summed E-state index contributed by atoms with van der Waals surface area (Å²) in [6, 6.07) is 7.72. The second-order valence-electron chi connectivity index (χ2n) is 8.14. The van der Waals surface area contributed by atoms with Gasteiger partial charge in [-0.15, -0.1) is 0 Å². The number of benzene rings is 1. The first-order valence-corrected chi connectivity index (χ1v) is 11.1. The standard InChI is InChI=1S/C24H27N7O2/c25-14-17-4-1-2-6-19(17)20-8-9-23-26-15-21(31(23)29-20)24(32)28-22-7-3-5-18(27-22)16-30-10-12-33-13-11-30/h1-9,14-15,18,23,25-27H,10-13,16H2,(H,28,32). The minimum Gasteiger partial charge on any atom is -0.379 e. The molecule has 2 unspecified atom stereocenters. The predicted molar refractivity (Wildman–Crippen MR) is 126 cm³/mol. The molecular formula is C24H27N7O2. The molecule has 0 radical (unpaired) electrons. The minimum atomic E-state index is -0.247. The zero-order chi connectivity index (χ0) is 22.6. The molecule has 4 heterocycles. The molecule has 2 atom stereocenters. The van der Waals surface area contributed by atoms with E-state index in [1.54, 1.807) is 11.2 Å². The van der Waals surface area contributed by atoms with Gasteiger partial charge in [-0.25, -0.2) is 5.01 Å². The van der Waals surface area contributed by atoms with Crippen molar-refractivity contribution in [2.75, 3.05) is 32.8 Å². The Labute approximate surface area is 192 Å². The third kappa shape index (κ3) is 4.59. The smallest absolute Gasteiger partial charge is 0.276 e. The van der Waals surface area contributed by atoms with E-state index < -0.39 is 0 Å². The molecule has 0 aliphatic carbocycles. The van der Waals surface area contributed by atoms with Crippen molar-refractivity contribution in [2.24, 2.45) is 5.10 Å². The van der Waals surface area contributed by atoms with Crippen molar-refractivity contribution in [3.8, 4) is 0 Å². The fraction of sp³-hybridized carbons (Fsp3) is 0.292. The second kappa shape index (κ2) is 9.43. The monoisotopic (exact) mass is 445 g/mol. The highest BCUT2D eigenvalue weighted by molar-refractivity contribution is 6.13. The third-order valence-corrected chi connectivity index (χ3v) is 5.93. The van der Waals surface area contributed by atoms with Crippen LogP contribution in [0.15, 0.2) is 77.5 Å². The summed E-state index contributed by atoms with van der Waals surface area (Å²) in [4.78, 5) is 15.5. The maximum Gasteiger partial charge on any atom is 0.276 e. The van der Waals surface area contributed by atoms with Crippen LogP contribution in [0.1, 0.15) is 11.1 Å². The molecule has 1 fully saturated rings. The van der Waals surface area contributed by atoms with Crippen molar-refractivity contribution in [1.82, 2.24) is 25.9 Å². The van der Waals surface area contributed by atoms with Crippen molar-refractivity contribution in [1.29, 1.82) is 5.41 Å². The summed E-state index contributed by atoms with van der Waals surface area (Å²) in [5.41, 5.74) is 2.75. The second-order valence-corrected chi connectivity index (χ2v) is 8.14. The van der Waals surface area contributed by atoms with Gasteiger partial charge in [0.25, 0.3) is 5.91 Å². The number of morpholine rings is 1. The van der Waals surface area contributed by atoms with Crippen LogP contribution < -0.4 is 16.0 Å². The van der Waals surface area contributed by atoms with Gasteiger partial charge in [0.15, 0.2) is 0 Å². The number of hydrazone groups is 1. The lowest BCUT2D eigenvalue weighted by atomic mass is 10.0. The lowest BCUT2D eigenvalue weighted by molar-refractivity contribution is -0.118. The van der Waals surface area contributed by atoms with Gasteiger partial charge in [-0.05, 0) is 18.2 Å². The van der Waals surface area contributed by atoms with Crippen LogP contribution in [-0.2, 0) is 9.53 Å². The first kappa shape index (κ1) is 21.2. The van der Waals surface area contributed by atoms with Crippen LogP contribution in [-0.4, -0.2) is 72.8 Å². The van der Waals surface area contributed by atoms with E-state index in [4.69, 9.17) is 15.2 Å². The molecule has 0 spiro atoms. The highest BCUT2D eigenvalue weighted by atomic mass is 16.5. The Balaban J connectivity index is 1.25. The Morgan fingerprint density at radius 1 is 1.27 bits per heavy atom. The summed E-state index contributed by atoms with van der Waals surface area (Å²) in [6.45, 7) is 4.21. The van der Waals surface area contributed by atoms with Crippen molar-refractivity contribution in [3.63, 3.8) is 0 Å². The van der Waals surface area contributed by atoms with Gasteiger partial charge in [0, 0.05) is 43.2 Å². The number of fused-ring (bicyclic) bond motifs is 1. The van der Waals surface area contributed by atoms with Crippen LogP contribution in [0.25, 0.3) is 0 Å². The molecule has 9 heteroatoms. The molecule has 1 aromatic carbocycles. The number of nitrogens with zero attached hydrogens (tertiary/aromatic N) is 3. The number of nitrogens with one attached hydrogen (secondary N) is 4. The zero-order valence-electron chi connectivity index (χ0n) is 18.2. The number of carbonyl (C=O) groups is 1. The summed E-state index contributed by atoms with van der Waals surface area (Å²) in [5, 5.41) is 23.6. The maximum absolute atomic E-state index is 13.1. The van der Waals surface area contributed by atoms with Gasteiger partial charge in [-0.2, -0.15) is 5.10 Å². The fourth-order valence-corrected chi connectivity index (χ4v) is 4.22. The molecule has 1 aromatic rings. The van der Waals surface area contributed by atoms with Gasteiger partial charge in [0.2, 0.25) is 0 Å². The van der Waals surface area contributed by atoms with Gasteiger partial charge in [0.05, 0.1) is 25.0 Å². The molecule has 9 nitrogen and oxygen atoms in total. The number of carbonyl (C=O) groups excluding carboxylic acids is 1. The van der Waals surface area contributed by atoms with E-state index in [9.17, 15) is 4.79 Å². The lowest BCUT2D eigenvalue weighted by Crippen LogP contribution is -2.48. The topological polar surface area (TPSA) is 105 Å². The van der Waals surface area contributed by atoms with Gasteiger partial charge in [-0.1, -0.05) is 36.4 Å². The van der Waals surface area contributed by atoms with E-state index >= 15 is 0 Å². The maximum atomic E-state index is 13.1. The van der Waals surface area contributed by atoms with E-state index in [0.717, 1.165) is 44.0 Å². The number of ether oxygens (including phenoxy) is 1. The molecule has 170 valence electrons. The molecule has 1 amide bonds. The van der Waals surface area contributed by atoms with Crippen molar-refractivity contribution in [2.45, 2.75) is 12.2 Å². The van der Waals surface area contributed by atoms with Crippen LogP contribution in [0.2, 0.25) is 0 Å². The molecule has 0 bridgehead atoms. The Bertz CT molecular complexity index is 1080. The first-order valence-electron chi connectivity index (χ1n) is 11.1. The van der Waals surface area contributed by atoms with Gasteiger partial charge in [0.1, 0.15) is 17.7 Å². The number of dihydropyridines is 1. The minimum absolute atomic E-state index is 0.118. The summed E-state index contributed by atoms with van der Waals surface area (Å²) < 4.78 is 5.42. The Hall–Kier alpha value is -3.69. The molecule has 4 N–H and O–H groups in total. The average molecular weight is 446 g/mol. The zero-order valence-corrected chi connectivity index (χ0v) is 18.2. The number of allylic oxidation sites excluding steroid dienone is 3. The van der Waals surface area contributed by atoms with E-state index in [1.807, 2.05) is 48.6 Å². The van der Waals surface area contributed by atoms with Crippen molar-refractivity contribution >= 4 is 17.8 Å². The number of amides is 1. The summed E-state index contributed by atoms with van der Waals surface area (Å²) in [5.74, 6) is 0.416. The van der Waals surface area contributed by atoms with Crippen LogP contribution in [0.3, 0.4) is 0 Å². The number of hydrogen-bond donors (Lipinski definition) is 4.